The fourth-order valence-electron chi connectivity index (χ4n) is 10.4. The Labute approximate surface area is 546 Å². The molecule has 478 valence electrons. The molecule has 1 N–H and O–H groups in total. The van der Waals surface area contributed by atoms with Gasteiger partial charge in [-0.05, 0) is 59.6 Å². The molecule has 0 spiro atoms. The second-order valence-corrected chi connectivity index (χ2v) is 24.4. The zero-order valence-electron chi connectivity index (χ0n) is 51.4. The topological polar surface area (TPSA) is 381 Å². The molecule has 4 amide bonds. The van der Waals surface area contributed by atoms with Crippen LogP contribution in [0.3, 0.4) is 0 Å². The monoisotopic (exact) mass is 1300 g/mol. The van der Waals surface area contributed by atoms with Crippen molar-refractivity contribution in [2.45, 2.75) is 97.8 Å². The number of fused-ring (bicyclic) bond motifs is 2. The number of aromatic nitrogens is 16. The summed E-state index contributed by atoms with van der Waals surface area (Å²) in [5.74, 6) is 0.606. The van der Waals surface area contributed by atoms with E-state index in [1.54, 1.807) is 31.0 Å². The van der Waals surface area contributed by atoms with Crippen LogP contribution in [0.4, 0.5) is 23.5 Å². The summed E-state index contributed by atoms with van der Waals surface area (Å²) in [5.41, 5.74) is 0.0818. The number of hydrogen-bond donors (Lipinski definition) is 1. The van der Waals surface area contributed by atoms with Gasteiger partial charge in [0.25, 0.3) is 18.9 Å². The summed E-state index contributed by atoms with van der Waals surface area (Å²) in [7, 11) is 1.92. The normalized spacial score (nSPS) is 15.5. The first-order valence-corrected chi connectivity index (χ1v) is 30.6. The number of amides is 4. The van der Waals surface area contributed by atoms with Crippen molar-refractivity contribution in [1.29, 1.82) is 0 Å². The van der Waals surface area contributed by atoms with Gasteiger partial charge < -0.3 is 28.7 Å². The van der Waals surface area contributed by atoms with Gasteiger partial charge in [0, 0.05) is 108 Å². The molecule has 3 aliphatic rings. The molecule has 1 atom stereocenters. The molecule has 3 aliphatic heterocycles. The summed E-state index contributed by atoms with van der Waals surface area (Å²) < 4.78 is 22.9. The molecule has 3 saturated heterocycles. The summed E-state index contributed by atoms with van der Waals surface area (Å²) in [6.45, 7) is 8.76. The molecule has 0 bridgehead atoms. The standard InChI is InChI=1S/C25H30N10O3S.C24H29N10O7P.C5H7NO2.CH4.Na/c1-25(2)7-6-8-35(25)23-27-9-16(10-28-23)17-11-26-12-18(30-17)34(15-39-5)19(36)13-33-14-29-21-20(33)22(37)32(4)24(38)31(21)3;1-24(2)6-5-7-34(24)22-26-8-15(9-27-22)16-10-25-11-17(29-16)33(14-41-42(38,39)40)18(35)12-32-13-28-20-19(32)21(36)31(4)23(37)30(20)3;1-6-4(7)2-3-5(6)8;;/h9-12,14H,6-8,13,15H2,1-5H3;8-11,13H,5-7,12,14H2,1-4H3,(H2,38,39,40);2-3H2,1H3;1H4;/q;;;;+1/p-1. The van der Waals surface area contributed by atoms with Gasteiger partial charge in [0.2, 0.25) is 35.5 Å². The average Bonchev–Trinajstić information content (AvgIpc) is 1.75. The number of aryl methyl sites for hydroxylation is 2. The van der Waals surface area contributed by atoms with E-state index in [1.165, 1.54) is 102 Å². The Morgan fingerprint density at radius 2 is 1.02 bits per heavy atom. The van der Waals surface area contributed by atoms with E-state index < -0.39 is 49.5 Å². The Morgan fingerprint density at radius 3 is 1.37 bits per heavy atom. The predicted molar refractivity (Wildman–Crippen MR) is 331 cm³/mol. The zero-order chi connectivity index (χ0) is 64.4. The van der Waals surface area contributed by atoms with Crippen LogP contribution < -0.4 is 76.5 Å². The number of anilines is 4. The molecular weight excluding hydrogens is 1230 g/mol. The van der Waals surface area contributed by atoms with E-state index in [2.05, 4.69) is 91.9 Å². The smallest absolute Gasteiger partial charge is 0.756 e. The van der Waals surface area contributed by atoms with Gasteiger partial charge in [-0.1, -0.05) is 7.43 Å². The number of likely N-dealkylation sites (tertiary alicyclic amines) is 1. The molecule has 0 saturated carbocycles. The number of rotatable bonds is 15. The van der Waals surface area contributed by atoms with Crippen LogP contribution in [0.2, 0.25) is 0 Å². The van der Waals surface area contributed by atoms with Gasteiger partial charge in [-0.2, -0.15) is 0 Å². The Hall–Kier alpha value is -8.24. The van der Waals surface area contributed by atoms with E-state index in [4.69, 9.17) is 0 Å². The fraction of sp³-hybridized carbons (Fsp3) is 0.455. The summed E-state index contributed by atoms with van der Waals surface area (Å²) in [6.07, 6.45) is 21.9. The summed E-state index contributed by atoms with van der Waals surface area (Å²) >= 11 is 1.45. The van der Waals surface area contributed by atoms with Crippen LogP contribution in [0.25, 0.3) is 44.8 Å². The third kappa shape index (κ3) is 15.1. The van der Waals surface area contributed by atoms with Gasteiger partial charge in [0.15, 0.2) is 34.0 Å². The van der Waals surface area contributed by atoms with Crippen LogP contribution in [-0.2, 0) is 69.5 Å². The first-order chi connectivity index (χ1) is 42.1. The minimum Gasteiger partial charge on any atom is -0.756 e. The summed E-state index contributed by atoms with van der Waals surface area (Å²) in [5, 5.41) is 0. The maximum Gasteiger partial charge on any atom is 1.00 e. The van der Waals surface area contributed by atoms with Crippen LogP contribution in [0.15, 0.2) is 81.4 Å². The minimum absolute atomic E-state index is 0. The third-order valence-corrected chi connectivity index (χ3v) is 16.5. The molecule has 11 rings (SSSR count). The molecule has 11 heterocycles. The van der Waals surface area contributed by atoms with E-state index in [1.807, 2.05) is 6.26 Å². The van der Waals surface area contributed by atoms with Gasteiger partial charge >= 0.3 is 40.9 Å². The molecule has 8 aromatic rings. The molecule has 0 aliphatic carbocycles. The second kappa shape index (κ2) is 28.5. The Kier molecular flexibility index (Phi) is 22.0. The summed E-state index contributed by atoms with van der Waals surface area (Å²) in [4.78, 5) is 170. The van der Waals surface area contributed by atoms with Gasteiger partial charge in [-0.25, -0.2) is 49.5 Å². The first kappa shape index (κ1) is 70.2. The molecule has 8 aromatic heterocycles. The third-order valence-electron chi connectivity index (χ3n) is 15.5. The van der Waals surface area contributed by atoms with Gasteiger partial charge in [-0.15, -0.1) is 11.8 Å². The Morgan fingerprint density at radius 1 is 0.626 bits per heavy atom. The molecule has 36 heteroatoms. The molecule has 91 heavy (non-hydrogen) atoms. The van der Waals surface area contributed by atoms with Gasteiger partial charge in [-0.3, -0.25) is 80.8 Å². The number of imidazole rings is 2. The van der Waals surface area contributed by atoms with E-state index in [-0.39, 0.29) is 106 Å². The molecule has 33 nitrogen and oxygen atoms in total. The molecule has 0 radical (unpaired) electrons. The SMILES string of the molecule is C.CN1C(=O)CCC1=O.CSCN(C(=O)Cn1cnc2c1c(=O)n(C)c(=O)n2C)c1cncc(-c2cnc(N3CCCC3(C)C)nc2)n1.Cn1c(=O)c2c(ncn2CC(=O)N(COP(=O)([O-])O)c2cncc(-c3cnc(N4CCCC4(C)C)nc3)n2)n(C)c1=O.[Na+]. The molecular formula is C55H69N21NaO12PS. The van der Waals surface area contributed by atoms with Gasteiger partial charge in [0.05, 0.1) is 54.7 Å². The van der Waals surface area contributed by atoms with Crippen molar-refractivity contribution in [3.63, 3.8) is 0 Å². The van der Waals surface area contributed by atoms with Crippen molar-refractivity contribution in [2.24, 2.45) is 28.2 Å². The Balaban J connectivity index is 0.000000226. The number of phosphoric ester groups is 1. The van der Waals surface area contributed by atoms with E-state index in [9.17, 15) is 52.7 Å². The second-order valence-electron chi connectivity index (χ2n) is 22.3. The molecule has 1 unspecified atom stereocenters. The van der Waals surface area contributed by atoms with Gasteiger partial charge in [0.1, 0.15) is 19.8 Å². The van der Waals surface area contributed by atoms with Crippen LogP contribution in [0.5, 0.6) is 0 Å². The van der Waals surface area contributed by atoms with E-state index in [0.29, 0.717) is 53.3 Å². The number of carbonyl (C=O) groups is 4. The predicted octanol–water partition coefficient (Wildman–Crippen LogP) is -1.65. The number of imide groups is 1. The fourth-order valence-corrected chi connectivity index (χ4v) is 11.2. The average molecular weight is 1300 g/mol. The van der Waals surface area contributed by atoms with Crippen LogP contribution in [-0.4, -0.2) is 161 Å². The van der Waals surface area contributed by atoms with Crippen molar-refractivity contribution in [2.75, 3.05) is 58.6 Å². The van der Waals surface area contributed by atoms with Crippen molar-refractivity contribution < 1.29 is 67.6 Å². The van der Waals surface area contributed by atoms with Crippen LogP contribution in [0, 0.1) is 0 Å². The van der Waals surface area contributed by atoms with E-state index >= 15 is 0 Å². The molecule has 0 aromatic carbocycles. The molecule has 3 fully saturated rings. The number of phosphoric acid groups is 1. The quantitative estimate of drug-likeness (QED) is 0.0520. The maximum atomic E-state index is 13.5. The van der Waals surface area contributed by atoms with Crippen molar-refractivity contribution in [3.8, 4) is 22.5 Å². The largest absolute Gasteiger partial charge is 1.00 e. The van der Waals surface area contributed by atoms with Crippen LogP contribution in [0.1, 0.15) is 73.6 Å². The first-order valence-electron chi connectivity index (χ1n) is 27.7. The number of carbonyl (C=O) groups excluding carboxylic acids is 4. The zero-order valence-corrected chi connectivity index (χ0v) is 55.2. The number of thioether (sulfide) groups is 1. The maximum absolute atomic E-state index is 13.5. The van der Waals surface area contributed by atoms with Crippen molar-refractivity contribution in [3.05, 3.63) is 104 Å². The van der Waals surface area contributed by atoms with E-state index in [0.717, 1.165) is 57.4 Å². The van der Waals surface area contributed by atoms with Crippen molar-refractivity contribution in [1.82, 2.24) is 82.1 Å². The number of hydrogen-bond acceptors (Lipinski definition) is 24. The minimum atomic E-state index is -5.24. The summed E-state index contributed by atoms with van der Waals surface area (Å²) in [6, 6.07) is 0. The van der Waals surface area contributed by atoms with Crippen LogP contribution >= 0.6 is 19.6 Å². The Bertz CT molecular complexity index is 4320. The van der Waals surface area contributed by atoms with Crippen molar-refractivity contribution >= 4 is 89.1 Å². The number of nitrogens with zero attached hydrogens (tertiary/aromatic N) is 21.